The van der Waals surface area contributed by atoms with E-state index in [1.807, 2.05) is 134 Å². The summed E-state index contributed by atoms with van der Waals surface area (Å²) in [6.45, 7) is 11.4. The first-order valence-corrected chi connectivity index (χ1v) is 48.4. The molecule has 1 atom stereocenters. The summed E-state index contributed by atoms with van der Waals surface area (Å²) in [5.41, 5.74) is 31.3. The van der Waals surface area contributed by atoms with Crippen molar-refractivity contribution in [2.24, 2.45) is 0 Å². The highest BCUT2D eigenvalue weighted by atomic mass is 16.3. The highest BCUT2D eigenvalue weighted by Gasteiger charge is 2.46. The predicted molar refractivity (Wildman–Crippen MR) is 569 cm³/mol. The fourth-order valence-corrected chi connectivity index (χ4v) is 22.7. The largest absolute Gasteiger partial charge is 0.437 e. The number of furan rings is 3. The van der Waals surface area contributed by atoms with Gasteiger partial charge in [-0.2, -0.15) is 0 Å². The van der Waals surface area contributed by atoms with Crippen molar-refractivity contribution in [2.75, 3.05) is 0 Å². The quantitative estimate of drug-likeness (QED) is 0.0938. The molecule has 0 radical (unpaired) electrons. The molecule has 9 aromatic heterocycles. The van der Waals surface area contributed by atoms with Crippen LogP contribution in [0, 0.1) is 0 Å². The van der Waals surface area contributed by atoms with Crippen LogP contribution >= 0.6 is 0 Å². The van der Waals surface area contributed by atoms with Crippen molar-refractivity contribution in [3.05, 3.63) is 439 Å². The van der Waals surface area contributed by atoms with Crippen LogP contribution < -0.4 is 0 Å². The van der Waals surface area contributed by atoms with Crippen molar-refractivity contribution < 1.29 is 13.3 Å². The maximum Gasteiger partial charge on any atom is 0.227 e. The molecule has 14 nitrogen and oxygen atoms in total. The van der Waals surface area contributed by atoms with E-state index in [1.165, 1.54) is 77.7 Å². The van der Waals surface area contributed by atoms with E-state index in [0.717, 1.165) is 152 Å². The summed E-state index contributed by atoms with van der Waals surface area (Å²) in [6.07, 6.45) is 6.25. The number of hydrogen-bond acceptors (Lipinski definition) is 14. The van der Waals surface area contributed by atoms with Gasteiger partial charge in [0.25, 0.3) is 0 Å². The highest BCUT2D eigenvalue weighted by Crippen LogP contribution is 2.60. The van der Waals surface area contributed by atoms with E-state index < -0.39 is 5.41 Å². The monoisotopic (exact) mass is 1820 g/mol. The van der Waals surface area contributed by atoms with Crippen LogP contribution in [0.2, 0.25) is 0 Å². The third-order valence-electron chi connectivity index (χ3n) is 29.2. The summed E-state index contributed by atoms with van der Waals surface area (Å²) in [7, 11) is 0. The lowest BCUT2D eigenvalue weighted by Gasteiger charge is -2.31. The number of para-hydroxylation sites is 1. The maximum absolute atomic E-state index is 6.86. The fraction of sp³-hybridized carbons (Fsp3) is 0.0945. The summed E-state index contributed by atoms with van der Waals surface area (Å²) >= 11 is 0. The highest BCUT2D eigenvalue weighted by molar-refractivity contribution is 6.15. The van der Waals surface area contributed by atoms with Crippen LogP contribution in [0.5, 0.6) is 0 Å². The Bertz CT molecular complexity index is 9320. The van der Waals surface area contributed by atoms with Crippen molar-refractivity contribution >= 4 is 98.7 Å². The Kier molecular flexibility index (Phi) is 20.0. The predicted octanol–water partition coefficient (Wildman–Crippen LogP) is 32.1. The van der Waals surface area contributed by atoms with Crippen molar-refractivity contribution in [2.45, 2.75) is 76.5 Å². The van der Waals surface area contributed by atoms with E-state index in [2.05, 4.69) is 302 Å². The molecule has 0 bridgehead atoms. The van der Waals surface area contributed by atoms with Crippen LogP contribution in [-0.2, 0) is 16.2 Å². The Labute approximate surface area is 813 Å². The van der Waals surface area contributed by atoms with E-state index in [0.29, 0.717) is 69.3 Å². The standard InChI is InChI=1S/C48H30N4O.C41H28N4O.C38H31N3O/c1-48(31-17-6-3-7-18-31)40-23-13-12-22-35(40)36-24-25-37-38-26-27-41(49-47(38)53-43(37)42(36)48)46-51-44(29-14-4-2-5-15-29)50-45(52-46)39-28-30-16-8-9-19-32(30)33-20-10-11-21-34(33)39;1-41(2)33-16-10-9-15-29(33)30-21-22-31-32-23-24-34(42-40(32)46-36(31)35(30)41)39-44-37(27-13-7-4-8-14-27)43-38(45-39)28-19-17-26(18-20-28)25-11-5-3-6-12-25;1-3-20-38(21-4-2)31-16-10-8-14-26(31)27-18-19-28-30-22-25(23-39-37(30)42-35(28)33(27)38)36-40-32-17-11-9-15-29(32)34(41-36)24-12-6-5-7-13-24/h2-28H,1H3;3-24H,1-2H3;5-19,22-23H,3-4,20-21H2,1-2H3. The van der Waals surface area contributed by atoms with Gasteiger partial charge in [-0.15, -0.1) is 0 Å². The van der Waals surface area contributed by atoms with Gasteiger partial charge in [0, 0.05) is 110 Å². The Balaban J connectivity index is 0.000000109. The van der Waals surface area contributed by atoms with Gasteiger partial charge in [-0.05, 0) is 169 Å². The lowest BCUT2D eigenvalue weighted by atomic mass is 9.71. The molecule has 0 saturated heterocycles. The minimum absolute atomic E-state index is 0.0579. The zero-order chi connectivity index (χ0) is 94.2. The number of nitrogens with zero attached hydrogens (tertiary/aromatic N) is 11. The molecule has 0 N–H and O–H groups in total. The van der Waals surface area contributed by atoms with Crippen molar-refractivity contribution in [3.63, 3.8) is 0 Å². The third-order valence-corrected chi connectivity index (χ3v) is 29.2. The van der Waals surface area contributed by atoms with Gasteiger partial charge in [0.1, 0.15) is 28.1 Å². The zero-order valence-corrected chi connectivity index (χ0v) is 78.1. The molecule has 670 valence electrons. The summed E-state index contributed by atoms with van der Waals surface area (Å²) in [6, 6.07) is 137. The molecule has 9 heterocycles. The summed E-state index contributed by atoms with van der Waals surface area (Å²) < 4.78 is 20.2. The first kappa shape index (κ1) is 83.8. The van der Waals surface area contributed by atoms with Gasteiger partial charge in [-0.3, -0.25) is 0 Å². The molecule has 3 aliphatic carbocycles. The molecule has 3 aliphatic rings. The molecule has 1 unspecified atom stereocenters. The van der Waals surface area contributed by atoms with Crippen LogP contribution in [0.4, 0.5) is 0 Å². The minimum atomic E-state index is -0.403. The van der Waals surface area contributed by atoms with E-state index >= 15 is 0 Å². The smallest absolute Gasteiger partial charge is 0.227 e. The summed E-state index contributed by atoms with van der Waals surface area (Å²) in [4.78, 5) is 55.1. The zero-order valence-electron chi connectivity index (χ0n) is 78.1. The Morgan fingerprint density at radius 2 is 0.652 bits per heavy atom. The van der Waals surface area contributed by atoms with E-state index in [9.17, 15) is 0 Å². The third kappa shape index (κ3) is 13.8. The molecule has 14 heteroatoms. The molecule has 0 spiro atoms. The van der Waals surface area contributed by atoms with Crippen LogP contribution in [-0.4, -0.2) is 54.8 Å². The van der Waals surface area contributed by atoms with E-state index in [1.54, 1.807) is 0 Å². The lowest BCUT2D eigenvalue weighted by Crippen LogP contribution is -2.25. The molecule has 0 saturated carbocycles. The average Bonchev–Trinajstić information content (AvgIpc) is 1.20. The van der Waals surface area contributed by atoms with Gasteiger partial charge in [-0.1, -0.05) is 374 Å². The lowest BCUT2D eigenvalue weighted by molar-refractivity contribution is 0.433. The number of fused-ring (bicyclic) bond motifs is 25. The number of aromatic nitrogens is 11. The first-order chi connectivity index (χ1) is 69.4. The van der Waals surface area contributed by atoms with E-state index in [4.69, 9.17) is 68.1 Å². The Morgan fingerprint density at radius 3 is 1.26 bits per heavy atom. The molecular weight excluding hydrogens is 1730 g/mol. The van der Waals surface area contributed by atoms with E-state index in [-0.39, 0.29) is 10.8 Å². The van der Waals surface area contributed by atoms with Gasteiger partial charge >= 0.3 is 0 Å². The van der Waals surface area contributed by atoms with Gasteiger partial charge < -0.3 is 13.3 Å². The van der Waals surface area contributed by atoms with Gasteiger partial charge in [0.2, 0.25) is 17.1 Å². The second kappa shape index (κ2) is 33.6. The molecule has 0 aliphatic heterocycles. The number of benzene rings is 16. The van der Waals surface area contributed by atoms with Crippen LogP contribution in [0.3, 0.4) is 0 Å². The first-order valence-electron chi connectivity index (χ1n) is 48.4. The molecule has 0 amide bonds. The summed E-state index contributed by atoms with van der Waals surface area (Å²) in [5, 5.41) is 11.7. The minimum Gasteiger partial charge on any atom is -0.437 e. The molecule has 141 heavy (non-hydrogen) atoms. The molecule has 28 rings (SSSR count). The molecular formula is C127H89N11O3. The van der Waals surface area contributed by atoms with Gasteiger partial charge in [0.15, 0.2) is 40.8 Å². The fourth-order valence-electron chi connectivity index (χ4n) is 22.7. The normalized spacial score (nSPS) is 14.0. The number of pyridine rings is 3. The SMILES string of the molecule is CC1(C)c2ccccc2-c2ccc3c(oc4nc(-c5nc(-c6ccccc6)nc(-c6ccc(-c7ccccc7)cc6)n5)ccc43)c21.CC1(c2ccccc2)c2ccccc2-c2ccc3c(oc4nc(-c5nc(-c6ccccc6)nc(-c6cc7ccccc7c7ccccc67)n5)ccc43)c21.CCCC1(CCC)c2ccccc2-c2ccc3c(oc4ncc(-c5nc(-c6ccccc6)c6ccccc6n5)cc43)c21. The summed E-state index contributed by atoms with van der Waals surface area (Å²) in [5.74, 6) is 4.01. The van der Waals surface area contributed by atoms with Crippen molar-refractivity contribution in [1.82, 2.24) is 54.8 Å². The van der Waals surface area contributed by atoms with Crippen LogP contribution in [0.1, 0.15) is 99.2 Å². The van der Waals surface area contributed by atoms with Crippen molar-refractivity contribution in [3.8, 4) is 136 Å². The van der Waals surface area contributed by atoms with Crippen LogP contribution in [0.15, 0.2) is 414 Å². The van der Waals surface area contributed by atoms with Crippen LogP contribution in [0.25, 0.3) is 234 Å². The Hall–Kier alpha value is -17.8. The number of rotatable bonds is 14. The topological polar surface area (TPSA) is 181 Å². The van der Waals surface area contributed by atoms with Gasteiger partial charge in [-0.25, -0.2) is 54.8 Å². The Morgan fingerprint density at radius 1 is 0.241 bits per heavy atom. The average molecular weight is 1820 g/mol. The second-order valence-electron chi connectivity index (χ2n) is 37.7. The number of hydrogen-bond donors (Lipinski definition) is 0. The maximum atomic E-state index is 6.86. The van der Waals surface area contributed by atoms with Gasteiger partial charge in [0.05, 0.1) is 11.2 Å². The molecule has 25 aromatic rings. The molecule has 16 aromatic carbocycles. The second-order valence-corrected chi connectivity index (χ2v) is 37.7. The van der Waals surface area contributed by atoms with Crippen molar-refractivity contribution in [1.29, 1.82) is 0 Å². The molecule has 0 fully saturated rings.